The first kappa shape index (κ1) is 17.0. The highest BCUT2D eigenvalue weighted by atomic mass is 79.9. The minimum absolute atomic E-state index is 0.0420. The van der Waals surface area contributed by atoms with Gasteiger partial charge in [0.1, 0.15) is 5.60 Å². The van der Waals surface area contributed by atoms with Crippen LogP contribution in [0.2, 0.25) is 0 Å². The van der Waals surface area contributed by atoms with Gasteiger partial charge in [-0.2, -0.15) is 0 Å². The molecule has 0 aromatic carbocycles. The number of ether oxygens (including phenoxy) is 3. The summed E-state index contributed by atoms with van der Waals surface area (Å²) in [5, 5.41) is 0. The predicted molar refractivity (Wildman–Crippen MR) is 83.8 cm³/mol. The Bertz CT molecular complexity index is 352. The summed E-state index contributed by atoms with van der Waals surface area (Å²) in [4.78, 5) is 14.0. The molecule has 2 rings (SSSR count). The quantitative estimate of drug-likeness (QED) is 0.723. The molecule has 2 aliphatic rings. The van der Waals surface area contributed by atoms with Crippen LogP contribution < -0.4 is 0 Å². The average Bonchev–Trinajstić information content (AvgIpc) is 2.77. The van der Waals surface area contributed by atoms with Gasteiger partial charge in [-0.25, -0.2) is 4.79 Å². The number of likely N-dealkylation sites (tertiary alicyclic amines) is 1. The lowest BCUT2D eigenvalue weighted by atomic mass is 10.0. The van der Waals surface area contributed by atoms with Crippen LogP contribution in [-0.4, -0.2) is 60.4 Å². The van der Waals surface area contributed by atoms with Gasteiger partial charge in [-0.05, 0) is 39.5 Å². The van der Waals surface area contributed by atoms with Crippen LogP contribution in [-0.2, 0) is 14.2 Å². The monoisotopic (exact) mass is 363 g/mol. The van der Waals surface area contributed by atoms with E-state index in [1.807, 2.05) is 20.8 Å². The largest absolute Gasteiger partial charge is 0.444 e. The van der Waals surface area contributed by atoms with Gasteiger partial charge in [0.05, 0.1) is 24.1 Å². The van der Waals surface area contributed by atoms with E-state index >= 15 is 0 Å². The Hall–Kier alpha value is -0.330. The number of amides is 1. The van der Waals surface area contributed by atoms with Crippen LogP contribution in [0.5, 0.6) is 0 Å². The fraction of sp³-hybridized carbons (Fsp3) is 0.933. The van der Waals surface area contributed by atoms with Crippen LogP contribution >= 0.6 is 15.9 Å². The van der Waals surface area contributed by atoms with Crippen LogP contribution in [0.1, 0.15) is 33.6 Å². The van der Waals surface area contributed by atoms with Gasteiger partial charge in [-0.3, -0.25) is 0 Å². The third-order valence-corrected chi connectivity index (χ3v) is 4.62. The third kappa shape index (κ3) is 5.42. The predicted octanol–water partition coefficient (Wildman–Crippen LogP) is 2.81. The second kappa shape index (κ2) is 7.29. The normalized spacial score (nSPS) is 27.9. The Morgan fingerprint density at radius 2 is 1.95 bits per heavy atom. The molecule has 0 spiro atoms. The Morgan fingerprint density at radius 3 is 2.57 bits per heavy atom. The average molecular weight is 364 g/mol. The van der Waals surface area contributed by atoms with Crippen LogP contribution in [0.4, 0.5) is 4.79 Å². The van der Waals surface area contributed by atoms with Crippen LogP contribution in [0, 0.1) is 5.92 Å². The van der Waals surface area contributed by atoms with Gasteiger partial charge in [0.15, 0.2) is 0 Å². The highest BCUT2D eigenvalue weighted by molar-refractivity contribution is 9.09. The first-order chi connectivity index (χ1) is 9.85. The number of halogens is 1. The summed E-state index contributed by atoms with van der Waals surface area (Å²) in [5.41, 5.74) is -0.458. The maximum absolute atomic E-state index is 12.1. The van der Waals surface area contributed by atoms with Crippen molar-refractivity contribution in [2.75, 3.05) is 32.9 Å². The number of rotatable bonds is 3. The Labute approximate surface area is 135 Å². The summed E-state index contributed by atoms with van der Waals surface area (Å²) in [5.74, 6) is 0.578. The minimum Gasteiger partial charge on any atom is -0.444 e. The molecule has 0 saturated carbocycles. The molecule has 5 nitrogen and oxygen atoms in total. The molecule has 2 unspecified atom stereocenters. The summed E-state index contributed by atoms with van der Waals surface area (Å²) >= 11 is 3.62. The van der Waals surface area contributed by atoms with E-state index in [9.17, 15) is 4.79 Å². The van der Waals surface area contributed by atoms with E-state index in [4.69, 9.17) is 14.2 Å². The van der Waals surface area contributed by atoms with Crippen molar-refractivity contribution in [3.8, 4) is 0 Å². The molecule has 0 aliphatic carbocycles. The topological polar surface area (TPSA) is 48.0 Å². The summed E-state index contributed by atoms with van der Waals surface area (Å²) in [6.07, 6.45) is 1.91. The van der Waals surface area contributed by atoms with Crippen molar-refractivity contribution >= 4 is 22.0 Å². The first-order valence-electron chi connectivity index (χ1n) is 7.66. The van der Waals surface area contributed by atoms with E-state index in [0.717, 1.165) is 32.7 Å². The fourth-order valence-electron chi connectivity index (χ4n) is 2.54. The number of alkyl halides is 1. The summed E-state index contributed by atoms with van der Waals surface area (Å²) in [7, 11) is 0. The highest BCUT2D eigenvalue weighted by Gasteiger charge is 2.36. The minimum atomic E-state index is -0.458. The highest BCUT2D eigenvalue weighted by Crippen LogP contribution is 2.24. The zero-order chi connectivity index (χ0) is 15.5. The first-order valence-corrected chi connectivity index (χ1v) is 8.58. The van der Waals surface area contributed by atoms with Crippen molar-refractivity contribution in [2.24, 2.45) is 5.92 Å². The molecule has 1 amide bonds. The zero-order valence-corrected chi connectivity index (χ0v) is 14.7. The van der Waals surface area contributed by atoms with Crippen molar-refractivity contribution in [3.05, 3.63) is 0 Å². The summed E-state index contributed by atoms with van der Waals surface area (Å²) in [6.45, 7) is 9.28. The molecule has 2 fully saturated rings. The second-order valence-corrected chi connectivity index (χ2v) is 8.00. The number of carbonyl (C=O) groups is 1. The van der Waals surface area contributed by atoms with E-state index in [0.29, 0.717) is 19.0 Å². The molecular weight excluding hydrogens is 338 g/mol. The van der Waals surface area contributed by atoms with E-state index in [1.54, 1.807) is 4.90 Å². The van der Waals surface area contributed by atoms with Gasteiger partial charge in [-0.15, -0.1) is 0 Å². The van der Waals surface area contributed by atoms with E-state index in [1.165, 1.54) is 0 Å². The second-order valence-electron chi connectivity index (χ2n) is 6.83. The summed E-state index contributed by atoms with van der Waals surface area (Å²) < 4.78 is 16.8. The molecule has 0 aromatic rings. The number of nitrogens with zero attached hydrogens (tertiary/aromatic N) is 1. The van der Waals surface area contributed by atoms with Gasteiger partial charge in [0.25, 0.3) is 0 Å². The van der Waals surface area contributed by atoms with Gasteiger partial charge >= 0.3 is 6.09 Å². The molecule has 21 heavy (non-hydrogen) atoms. The molecule has 2 atom stereocenters. The number of hydrogen-bond donors (Lipinski definition) is 0. The zero-order valence-electron chi connectivity index (χ0n) is 13.1. The lowest BCUT2D eigenvalue weighted by Crippen LogP contribution is -2.36. The molecular formula is C15H26BrNO4. The van der Waals surface area contributed by atoms with Crippen LogP contribution in [0.3, 0.4) is 0 Å². The lowest BCUT2D eigenvalue weighted by Gasteiger charge is -2.25. The Kier molecular flexibility index (Phi) is 5.91. The van der Waals surface area contributed by atoms with Crippen molar-refractivity contribution in [2.45, 2.75) is 50.1 Å². The molecule has 0 aromatic heterocycles. The van der Waals surface area contributed by atoms with Crippen molar-refractivity contribution in [1.82, 2.24) is 4.90 Å². The summed E-state index contributed by atoms with van der Waals surface area (Å²) in [6, 6.07) is 0. The molecule has 0 radical (unpaired) electrons. The van der Waals surface area contributed by atoms with E-state index in [-0.39, 0.29) is 17.0 Å². The van der Waals surface area contributed by atoms with Crippen molar-refractivity contribution in [3.63, 3.8) is 0 Å². The maximum atomic E-state index is 12.1. The van der Waals surface area contributed by atoms with Gasteiger partial charge in [-0.1, -0.05) is 15.9 Å². The Balaban J connectivity index is 1.76. The number of carbonyl (C=O) groups excluding carboxylic acids is 1. The van der Waals surface area contributed by atoms with Crippen molar-refractivity contribution < 1.29 is 19.0 Å². The van der Waals surface area contributed by atoms with E-state index < -0.39 is 5.60 Å². The number of hydrogen-bond acceptors (Lipinski definition) is 4. The molecule has 2 saturated heterocycles. The molecule has 2 aliphatic heterocycles. The molecule has 2 heterocycles. The molecule has 0 N–H and O–H groups in total. The molecule has 0 bridgehead atoms. The molecule has 6 heteroatoms. The molecule has 122 valence electrons. The SMILES string of the molecule is CC(C)(C)OC(=O)N1CC(Br)C(OCC2CCOCC2)C1. The van der Waals surface area contributed by atoms with Crippen molar-refractivity contribution in [1.29, 1.82) is 0 Å². The smallest absolute Gasteiger partial charge is 0.410 e. The fourth-order valence-corrected chi connectivity index (χ4v) is 3.21. The maximum Gasteiger partial charge on any atom is 0.410 e. The van der Waals surface area contributed by atoms with Gasteiger partial charge in [0.2, 0.25) is 0 Å². The van der Waals surface area contributed by atoms with E-state index in [2.05, 4.69) is 15.9 Å². The lowest BCUT2D eigenvalue weighted by molar-refractivity contribution is -0.00857. The van der Waals surface area contributed by atoms with Crippen LogP contribution in [0.25, 0.3) is 0 Å². The van der Waals surface area contributed by atoms with Gasteiger partial charge < -0.3 is 19.1 Å². The van der Waals surface area contributed by atoms with Gasteiger partial charge in [0, 0.05) is 19.8 Å². The standard InChI is InChI=1S/C15H26BrNO4/c1-15(2,3)21-14(18)17-8-12(16)13(9-17)20-10-11-4-6-19-7-5-11/h11-13H,4-10H2,1-3H3. The van der Waals surface area contributed by atoms with Crippen LogP contribution in [0.15, 0.2) is 0 Å². The third-order valence-electron chi connectivity index (χ3n) is 3.74. The Morgan fingerprint density at radius 1 is 1.29 bits per heavy atom.